The Morgan fingerprint density at radius 1 is 1.23 bits per heavy atom. The number of aryl methyl sites for hydroxylation is 2. The number of amides is 1. The van der Waals surface area contributed by atoms with Crippen molar-refractivity contribution in [1.82, 2.24) is 4.90 Å². The van der Waals surface area contributed by atoms with Crippen LogP contribution in [0.2, 0.25) is 0 Å². The van der Waals surface area contributed by atoms with E-state index in [0.717, 1.165) is 5.56 Å². The van der Waals surface area contributed by atoms with E-state index in [-0.39, 0.29) is 28.5 Å². The molecule has 1 unspecified atom stereocenters. The molecule has 0 saturated carbocycles. The molecule has 1 N–H and O–H groups in total. The molecule has 9 heteroatoms. The summed E-state index contributed by atoms with van der Waals surface area (Å²) in [6, 6.07) is 10.9. The summed E-state index contributed by atoms with van der Waals surface area (Å²) in [5.41, 5.74) is 2.16. The molecule has 0 aliphatic carbocycles. The minimum absolute atomic E-state index is 0.0341. The Bertz CT molecular complexity index is 1220. The smallest absolute Gasteiger partial charge is 0.261 e. The summed E-state index contributed by atoms with van der Waals surface area (Å²) in [5.74, 6) is -0.475. The van der Waals surface area contributed by atoms with Gasteiger partial charge in [0.1, 0.15) is 0 Å². The van der Waals surface area contributed by atoms with Gasteiger partial charge in [0.15, 0.2) is 9.84 Å². The second-order valence-corrected chi connectivity index (χ2v) is 11.7. The van der Waals surface area contributed by atoms with E-state index < -0.39 is 31.8 Å². The van der Waals surface area contributed by atoms with Crippen LogP contribution in [0.4, 0.5) is 5.69 Å². The highest BCUT2D eigenvalue weighted by Crippen LogP contribution is 2.24. The molecule has 0 bridgehead atoms. The van der Waals surface area contributed by atoms with E-state index in [1.54, 1.807) is 31.2 Å². The Morgan fingerprint density at radius 3 is 2.58 bits per heavy atom. The largest absolute Gasteiger partial charge is 0.331 e. The summed E-state index contributed by atoms with van der Waals surface area (Å²) in [6.45, 7) is 7.42. The fraction of sp³-hybridized carbons (Fsp3) is 0.318. The summed E-state index contributed by atoms with van der Waals surface area (Å²) >= 11 is 0. The van der Waals surface area contributed by atoms with Crippen LogP contribution in [0.1, 0.15) is 27.9 Å². The first kappa shape index (κ1) is 23.0. The maximum atomic E-state index is 13.3. The molecule has 1 heterocycles. The van der Waals surface area contributed by atoms with Crippen LogP contribution in [0, 0.1) is 13.8 Å². The van der Waals surface area contributed by atoms with Crippen molar-refractivity contribution in [2.75, 3.05) is 22.8 Å². The molecule has 2 aromatic rings. The fourth-order valence-corrected chi connectivity index (χ4v) is 6.44. The van der Waals surface area contributed by atoms with Crippen LogP contribution in [-0.2, 0) is 19.9 Å². The minimum atomic E-state index is -3.92. The van der Waals surface area contributed by atoms with Crippen LogP contribution in [-0.4, -0.2) is 51.7 Å². The Morgan fingerprint density at radius 2 is 1.97 bits per heavy atom. The maximum absolute atomic E-state index is 13.3. The average Bonchev–Trinajstić information content (AvgIpc) is 3.05. The van der Waals surface area contributed by atoms with E-state index in [9.17, 15) is 21.6 Å². The lowest BCUT2D eigenvalue weighted by Crippen LogP contribution is -2.41. The zero-order valence-electron chi connectivity index (χ0n) is 17.5. The number of carbonyl (C=O) groups is 1. The first-order valence-electron chi connectivity index (χ1n) is 9.85. The highest BCUT2D eigenvalue weighted by atomic mass is 32.2. The number of hydrogen-bond acceptors (Lipinski definition) is 5. The number of benzene rings is 2. The van der Waals surface area contributed by atoms with Crippen LogP contribution in [0.25, 0.3) is 0 Å². The first-order valence-corrected chi connectivity index (χ1v) is 13.2. The molecule has 1 aliphatic heterocycles. The van der Waals surface area contributed by atoms with Crippen molar-refractivity contribution in [3.63, 3.8) is 0 Å². The van der Waals surface area contributed by atoms with Gasteiger partial charge in [-0.1, -0.05) is 24.3 Å². The van der Waals surface area contributed by atoms with E-state index in [2.05, 4.69) is 11.3 Å². The predicted octanol–water partition coefficient (Wildman–Crippen LogP) is 2.92. The number of rotatable bonds is 7. The third-order valence-electron chi connectivity index (χ3n) is 5.26. The van der Waals surface area contributed by atoms with Crippen molar-refractivity contribution < 1.29 is 21.6 Å². The van der Waals surface area contributed by atoms with Crippen molar-refractivity contribution in [1.29, 1.82) is 0 Å². The van der Waals surface area contributed by atoms with Gasteiger partial charge >= 0.3 is 0 Å². The number of carbonyl (C=O) groups excluding carboxylic acids is 1. The number of anilines is 1. The molecule has 0 spiro atoms. The van der Waals surface area contributed by atoms with Crippen molar-refractivity contribution in [3.05, 3.63) is 71.8 Å². The van der Waals surface area contributed by atoms with Crippen molar-refractivity contribution in [3.8, 4) is 0 Å². The zero-order chi connectivity index (χ0) is 22.8. The standard InChI is InChI=1S/C22H26N2O5S2/c1-4-11-24(19-10-12-30(26,27)15-19)22(25)21-14-20(9-8-17(21)3)31(28,29)23-18-7-5-6-16(2)13-18/h4-9,13-14,19,23H,1,10-12,15H2,2-3H3. The van der Waals surface area contributed by atoms with Crippen molar-refractivity contribution in [2.24, 2.45) is 0 Å². The van der Waals surface area contributed by atoms with Crippen LogP contribution in [0.5, 0.6) is 0 Å². The molecule has 3 rings (SSSR count). The molecular formula is C22H26N2O5S2. The molecule has 2 aromatic carbocycles. The molecule has 1 atom stereocenters. The summed E-state index contributed by atoms with van der Waals surface area (Å²) in [4.78, 5) is 14.7. The quantitative estimate of drug-likeness (QED) is 0.638. The second-order valence-electron chi connectivity index (χ2n) is 7.75. The maximum Gasteiger partial charge on any atom is 0.261 e. The SMILES string of the molecule is C=CCN(C(=O)c1cc(S(=O)(=O)Nc2cccc(C)c2)ccc1C)C1CCS(=O)(=O)C1. The lowest BCUT2D eigenvalue weighted by Gasteiger charge is -2.28. The molecule has 166 valence electrons. The van der Waals surface area contributed by atoms with Crippen molar-refractivity contribution in [2.45, 2.75) is 31.2 Å². The van der Waals surface area contributed by atoms with Crippen LogP contribution in [0.15, 0.2) is 60.0 Å². The van der Waals surface area contributed by atoms with Gasteiger partial charge in [0.2, 0.25) is 0 Å². The molecule has 1 amide bonds. The molecule has 1 fully saturated rings. The Labute approximate surface area is 183 Å². The van der Waals surface area contributed by atoms with E-state index >= 15 is 0 Å². The Balaban J connectivity index is 1.93. The highest BCUT2D eigenvalue weighted by molar-refractivity contribution is 7.92. The van der Waals surface area contributed by atoms with E-state index in [4.69, 9.17) is 0 Å². The van der Waals surface area contributed by atoms with Crippen molar-refractivity contribution >= 4 is 31.5 Å². The third-order valence-corrected chi connectivity index (χ3v) is 8.39. The van der Waals surface area contributed by atoms with Gasteiger partial charge in [-0.3, -0.25) is 9.52 Å². The molecule has 0 aromatic heterocycles. The number of nitrogens with one attached hydrogen (secondary N) is 1. The van der Waals surface area contributed by atoms with Gasteiger partial charge in [0.05, 0.1) is 16.4 Å². The lowest BCUT2D eigenvalue weighted by molar-refractivity contribution is 0.0719. The number of sulfone groups is 1. The minimum Gasteiger partial charge on any atom is -0.331 e. The van der Waals surface area contributed by atoms with Gasteiger partial charge in [-0.2, -0.15) is 0 Å². The Kier molecular flexibility index (Phi) is 6.56. The Hall–Kier alpha value is -2.65. The topological polar surface area (TPSA) is 101 Å². The molecule has 1 aliphatic rings. The highest BCUT2D eigenvalue weighted by Gasteiger charge is 2.35. The predicted molar refractivity (Wildman–Crippen MR) is 121 cm³/mol. The molecule has 0 radical (unpaired) electrons. The summed E-state index contributed by atoms with van der Waals surface area (Å²) in [5, 5.41) is 0. The third kappa shape index (κ3) is 5.34. The number of hydrogen-bond donors (Lipinski definition) is 1. The molecular weight excluding hydrogens is 436 g/mol. The molecule has 1 saturated heterocycles. The second kappa shape index (κ2) is 8.84. The van der Waals surface area contributed by atoms with Gasteiger partial charge in [0.25, 0.3) is 15.9 Å². The van der Waals surface area contributed by atoms with E-state index in [0.29, 0.717) is 17.7 Å². The number of sulfonamides is 1. The van der Waals surface area contributed by atoms with Gasteiger partial charge in [-0.15, -0.1) is 6.58 Å². The first-order chi connectivity index (χ1) is 14.5. The summed E-state index contributed by atoms with van der Waals surface area (Å²) < 4.78 is 52.2. The molecule has 7 nitrogen and oxygen atoms in total. The molecule has 31 heavy (non-hydrogen) atoms. The average molecular weight is 463 g/mol. The van der Waals surface area contributed by atoms with Gasteiger partial charge in [-0.25, -0.2) is 16.8 Å². The van der Waals surface area contributed by atoms with Crippen LogP contribution < -0.4 is 4.72 Å². The zero-order valence-corrected chi connectivity index (χ0v) is 19.2. The summed E-state index contributed by atoms with van der Waals surface area (Å²) in [6.07, 6.45) is 1.89. The fourth-order valence-electron chi connectivity index (χ4n) is 3.63. The summed E-state index contributed by atoms with van der Waals surface area (Å²) in [7, 11) is -7.10. The van der Waals surface area contributed by atoms with E-state index in [1.807, 2.05) is 13.0 Å². The lowest BCUT2D eigenvalue weighted by atomic mass is 10.1. The normalized spacial score (nSPS) is 17.8. The van der Waals surface area contributed by atoms with E-state index in [1.165, 1.54) is 23.1 Å². The van der Waals surface area contributed by atoms with Crippen LogP contribution in [0.3, 0.4) is 0 Å². The van der Waals surface area contributed by atoms with Gasteiger partial charge < -0.3 is 4.90 Å². The van der Waals surface area contributed by atoms with Crippen LogP contribution >= 0.6 is 0 Å². The number of nitrogens with zero attached hydrogens (tertiary/aromatic N) is 1. The van der Waals surface area contributed by atoms with Gasteiger partial charge in [0, 0.05) is 23.8 Å². The monoisotopic (exact) mass is 462 g/mol. The van der Waals surface area contributed by atoms with Gasteiger partial charge in [-0.05, 0) is 55.7 Å².